The van der Waals surface area contributed by atoms with E-state index in [2.05, 4.69) is 34.6 Å². The maximum Gasteiger partial charge on any atom is 0.159 e. The van der Waals surface area contributed by atoms with Crippen LogP contribution in [0.3, 0.4) is 0 Å². The molecule has 164 valence electrons. The summed E-state index contributed by atoms with van der Waals surface area (Å²) in [5.41, 5.74) is 3.31. The molecule has 0 heterocycles. The second kappa shape index (κ2) is 7.81. The summed E-state index contributed by atoms with van der Waals surface area (Å²) in [5.74, 6) is 3.67. The molecule has 0 aromatic heterocycles. The summed E-state index contributed by atoms with van der Waals surface area (Å²) in [5, 5.41) is 10.2. The van der Waals surface area contributed by atoms with E-state index in [1.807, 2.05) is 0 Å². The quantitative estimate of drug-likeness (QED) is 0.556. The molecule has 0 amide bonds. The Morgan fingerprint density at radius 1 is 1.07 bits per heavy atom. The lowest BCUT2D eigenvalue weighted by Crippen LogP contribution is -2.48. The standard InChI is InChI=1S/C27H44O2/c1-17(2)7-6-8-18(3)21-9-10-22-25-23(12-14-27(21,22)5)26(4)13-11-20(28)15-19(26)16-24(25)29/h17-22,28H,6-16H2,1-5H3/t18-,19-,20?,21-,22+,26+,27-/m1/s1. The predicted octanol–water partition coefficient (Wildman–Crippen LogP) is 6.71. The molecule has 7 atom stereocenters. The molecule has 4 aliphatic carbocycles. The maximum absolute atomic E-state index is 13.4. The van der Waals surface area contributed by atoms with Crippen molar-refractivity contribution in [2.24, 2.45) is 40.4 Å². The van der Waals surface area contributed by atoms with Crippen LogP contribution in [0.1, 0.15) is 105 Å². The van der Waals surface area contributed by atoms with Crippen molar-refractivity contribution < 1.29 is 9.90 Å². The number of Topliss-reactive ketones (excluding diaryl/α,β-unsaturated/α-hetero) is 1. The van der Waals surface area contributed by atoms with Gasteiger partial charge in [-0.1, -0.05) is 59.5 Å². The van der Waals surface area contributed by atoms with Crippen molar-refractivity contribution in [3.05, 3.63) is 11.1 Å². The van der Waals surface area contributed by atoms with E-state index in [1.165, 1.54) is 49.7 Å². The van der Waals surface area contributed by atoms with Gasteiger partial charge in [-0.2, -0.15) is 0 Å². The minimum atomic E-state index is -0.195. The van der Waals surface area contributed by atoms with Crippen LogP contribution in [0.4, 0.5) is 0 Å². The molecule has 0 radical (unpaired) electrons. The highest BCUT2D eigenvalue weighted by atomic mass is 16.3. The van der Waals surface area contributed by atoms with E-state index >= 15 is 0 Å². The van der Waals surface area contributed by atoms with Crippen LogP contribution < -0.4 is 0 Å². The molecule has 1 N–H and O–H groups in total. The van der Waals surface area contributed by atoms with E-state index < -0.39 is 0 Å². The highest BCUT2D eigenvalue weighted by Crippen LogP contribution is 2.65. The molecule has 2 nitrogen and oxygen atoms in total. The van der Waals surface area contributed by atoms with E-state index in [9.17, 15) is 9.90 Å². The first-order valence-electron chi connectivity index (χ1n) is 12.6. The van der Waals surface area contributed by atoms with Crippen molar-refractivity contribution in [2.75, 3.05) is 0 Å². The Morgan fingerprint density at radius 3 is 2.55 bits per heavy atom. The molecule has 2 heteroatoms. The SMILES string of the molecule is CC(C)CCC[C@@H](C)[C@H]1CC[C@H]2C3=C(CC[C@]12C)[C@@]1(C)CCC(O)C[C@@H]1CC3=O. The fraction of sp³-hybridized carbons (Fsp3) is 0.889. The third kappa shape index (κ3) is 3.56. The first-order valence-corrected chi connectivity index (χ1v) is 12.6. The van der Waals surface area contributed by atoms with E-state index in [0.29, 0.717) is 29.5 Å². The summed E-state index contributed by atoms with van der Waals surface area (Å²) in [7, 11) is 0. The van der Waals surface area contributed by atoms with Crippen molar-refractivity contribution in [1.29, 1.82) is 0 Å². The van der Waals surface area contributed by atoms with Gasteiger partial charge in [0.2, 0.25) is 0 Å². The van der Waals surface area contributed by atoms with Crippen LogP contribution in [0.25, 0.3) is 0 Å². The first-order chi connectivity index (χ1) is 13.7. The van der Waals surface area contributed by atoms with Gasteiger partial charge in [0.1, 0.15) is 0 Å². The molecule has 0 aromatic carbocycles. The minimum absolute atomic E-state index is 0.171. The van der Waals surface area contributed by atoms with Gasteiger partial charge >= 0.3 is 0 Å². The summed E-state index contributed by atoms with van der Waals surface area (Å²) in [4.78, 5) is 13.4. The molecule has 1 unspecified atom stereocenters. The number of hydrogen-bond acceptors (Lipinski definition) is 2. The number of hydrogen-bond donors (Lipinski definition) is 1. The smallest absolute Gasteiger partial charge is 0.159 e. The lowest BCUT2D eigenvalue weighted by atomic mass is 9.50. The van der Waals surface area contributed by atoms with Crippen LogP contribution in [-0.2, 0) is 4.79 Å². The molecule has 0 aliphatic heterocycles. The molecule has 4 rings (SSSR count). The molecule has 2 saturated carbocycles. The number of carbonyl (C=O) groups excluding carboxylic acids is 1. The topological polar surface area (TPSA) is 37.3 Å². The molecule has 0 saturated heterocycles. The van der Waals surface area contributed by atoms with Gasteiger partial charge in [-0.25, -0.2) is 0 Å². The number of rotatable bonds is 5. The second-order valence-electron chi connectivity index (χ2n) is 12.1. The Balaban J connectivity index is 1.58. The second-order valence-corrected chi connectivity index (χ2v) is 12.1. The lowest BCUT2D eigenvalue weighted by molar-refractivity contribution is -0.121. The summed E-state index contributed by atoms with van der Waals surface area (Å²) in [6, 6.07) is 0. The number of ketones is 1. The summed E-state index contributed by atoms with van der Waals surface area (Å²) >= 11 is 0. The Bertz CT molecular complexity index is 676. The van der Waals surface area contributed by atoms with Crippen LogP contribution in [0.2, 0.25) is 0 Å². The average Bonchev–Trinajstić information content (AvgIpc) is 3.00. The molecule has 0 bridgehead atoms. The van der Waals surface area contributed by atoms with Crippen LogP contribution in [0.15, 0.2) is 11.1 Å². The molecular formula is C27H44O2. The third-order valence-corrected chi connectivity index (χ3v) is 10.0. The Kier molecular flexibility index (Phi) is 5.82. The van der Waals surface area contributed by atoms with E-state index in [-0.39, 0.29) is 11.5 Å². The van der Waals surface area contributed by atoms with Crippen LogP contribution in [-0.4, -0.2) is 17.0 Å². The van der Waals surface area contributed by atoms with Gasteiger partial charge in [0, 0.05) is 6.42 Å². The van der Waals surface area contributed by atoms with Gasteiger partial charge in [0.25, 0.3) is 0 Å². The molecule has 2 fully saturated rings. The van der Waals surface area contributed by atoms with E-state index in [0.717, 1.165) is 43.4 Å². The van der Waals surface area contributed by atoms with Gasteiger partial charge < -0.3 is 5.11 Å². The van der Waals surface area contributed by atoms with Crippen LogP contribution in [0, 0.1) is 40.4 Å². The normalized spacial score (nSPS) is 43.2. The monoisotopic (exact) mass is 400 g/mol. The highest BCUT2D eigenvalue weighted by molar-refractivity contribution is 5.98. The van der Waals surface area contributed by atoms with E-state index in [1.54, 1.807) is 0 Å². The van der Waals surface area contributed by atoms with Crippen molar-refractivity contribution in [1.82, 2.24) is 0 Å². The lowest BCUT2D eigenvalue weighted by Gasteiger charge is -2.54. The summed E-state index contributed by atoms with van der Waals surface area (Å²) in [6.07, 6.45) is 12.3. The number of aliphatic hydroxyl groups is 1. The van der Waals surface area contributed by atoms with Crippen LogP contribution >= 0.6 is 0 Å². The fourth-order valence-corrected chi connectivity index (χ4v) is 8.19. The van der Waals surface area contributed by atoms with Gasteiger partial charge in [-0.15, -0.1) is 0 Å². The van der Waals surface area contributed by atoms with Gasteiger partial charge in [0.15, 0.2) is 5.78 Å². The first kappa shape index (κ1) is 21.6. The Morgan fingerprint density at radius 2 is 1.83 bits per heavy atom. The van der Waals surface area contributed by atoms with Gasteiger partial charge in [0.05, 0.1) is 6.10 Å². The zero-order chi connectivity index (χ0) is 21.0. The summed E-state index contributed by atoms with van der Waals surface area (Å²) in [6.45, 7) is 12.1. The fourth-order valence-electron chi connectivity index (χ4n) is 8.19. The number of allylic oxidation sites excluding steroid dienone is 2. The van der Waals surface area contributed by atoms with E-state index in [4.69, 9.17) is 0 Å². The molecular weight excluding hydrogens is 356 g/mol. The zero-order valence-electron chi connectivity index (χ0n) is 19.6. The minimum Gasteiger partial charge on any atom is -0.393 e. The largest absolute Gasteiger partial charge is 0.393 e. The number of carbonyl (C=O) groups is 1. The van der Waals surface area contributed by atoms with Gasteiger partial charge in [-0.3, -0.25) is 4.79 Å². The number of fused-ring (bicyclic) bond motifs is 4. The van der Waals surface area contributed by atoms with Crippen molar-refractivity contribution in [3.8, 4) is 0 Å². The van der Waals surface area contributed by atoms with Crippen molar-refractivity contribution in [2.45, 2.75) is 111 Å². The van der Waals surface area contributed by atoms with Crippen molar-refractivity contribution >= 4 is 5.78 Å². The molecule has 29 heavy (non-hydrogen) atoms. The Labute approximate surface area is 178 Å². The highest BCUT2D eigenvalue weighted by Gasteiger charge is 2.57. The van der Waals surface area contributed by atoms with Crippen LogP contribution in [0.5, 0.6) is 0 Å². The molecule has 0 aromatic rings. The Hall–Kier alpha value is -0.630. The molecule has 4 aliphatic rings. The summed E-state index contributed by atoms with van der Waals surface area (Å²) < 4.78 is 0. The predicted molar refractivity (Wildman–Crippen MR) is 120 cm³/mol. The zero-order valence-corrected chi connectivity index (χ0v) is 19.6. The maximum atomic E-state index is 13.4. The van der Waals surface area contributed by atoms with Crippen molar-refractivity contribution in [3.63, 3.8) is 0 Å². The van der Waals surface area contributed by atoms with Gasteiger partial charge in [-0.05, 0) is 90.9 Å². The number of aliphatic hydroxyl groups excluding tert-OH is 1. The third-order valence-electron chi connectivity index (χ3n) is 10.0. The molecule has 0 spiro atoms. The average molecular weight is 401 g/mol.